The van der Waals surface area contributed by atoms with Crippen LogP contribution in [0.5, 0.6) is 5.75 Å². The highest BCUT2D eigenvalue weighted by Crippen LogP contribution is 2.35. The normalized spacial score (nSPS) is 13.7. The molecule has 1 amide bonds. The van der Waals surface area contributed by atoms with Gasteiger partial charge in [0.25, 0.3) is 5.91 Å². The van der Waals surface area contributed by atoms with Crippen molar-refractivity contribution < 1.29 is 9.53 Å². The number of hydrogen-bond acceptors (Lipinski definition) is 3. The minimum Gasteiger partial charge on any atom is -0.497 e. The van der Waals surface area contributed by atoms with Crippen molar-refractivity contribution in [3.8, 4) is 5.75 Å². The third-order valence-corrected chi connectivity index (χ3v) is 4.96. The molecule has 0 radical (unpaired) electrons. The van der Waals surface area contributed by atoms with Gasteiger partial charge in [0.15, 0.2) is 0 Å². The van der Waals surface area contributed by atoms with Crippen LogP contribution in [0.3, 0.4) is 0 Å². The third kappa shape index (κ3) is 3.51. The average Bonchev–Trinajstić information content (AvgIpc) is 3.13. The van der Waals surface area contributed by atoms with Crippen molar-refractivity contribution in [2.75, 3.05) is 23.9 Å². The number of nitrogens with one attached hydrogen (secondary N) is 1. The number of anilines is 2. The molecular weight excluding hydrogens is 336 g/mol. The van der Waals surface area contributed by atoms with Crippen molar-refractivity contribution >= 4 is 17.3 Å². The Kier molecular flexibility index (Phi) is 4.79. The number of hydrogen-bond donors (Lipinski definition) is 1. The Balaban J connectivity index is 1.65. The van der Waals surface area contributed by atoms with Gasteiger partial charge in [0.2, 0.25) is 0 Å². The van der Waals surface area contributed by atoms with E-state index < -0.39 is 0 Å². The Hall–Kier alpha value is -3.27. The van der Waals surface area contributed by atoms with Crippen LogP contribution in [0.25, 0.3) is 0 Å². The highest BCUT2D eigenvalue weighted by Gasteiger charge is 2.32. The van der Waals surface area contributed by atoms with Crippen molar-refractivity contribution in [2.24, 2.45) is 0 Å². The Morgan fingerprint density at radius 2 is 1.67 bits per heavy atom. The summed E-state index contributed by atoms with van der Waals surface area (Å²) in [6.07, 6.45) is 0.954. The van der Waals surface area contributed by atoms with Crippen molar-refractivity contribution in [3.05, 3.63) is 90.0 Å². The van der Waals surface area contributed by atoms with E-state index in [1.807, 2.05) is 60.7 Å². The van der Waals surface area contributed by atoms with E-state index in [4.69, 9.17) is 4.74 Å². The van der Waals surface area contributed by atoms with E-state index >= 15 is 0 Å². The molecule has 0 aliphatic carbocycles. The van der Waals surface area contributed by atoms with E-state index in [0.29, 0.717) is 0 Å². The molecular formula is C23H22N2O2. The molecule has 0 saturated carbocycles. The molecule has 0 unspecified atom stereocenters. The number of fused-ring (bicyclic) bond motifs is 1. The third-order valence-electron chi connectivity index (χ3n) is 4.96. The molecule has 1 atom stereocenters. The molecule has 1 N–H and O–H groups in total. The van der Waals surface area contributed by atoms with E-state index in [2.05, 4.69) is 28.4 Å². The Labute approximate surface area is 159 Å². The van der Waals surface area contributed by atoms with E-state index in [9.17, 15) is 4.79 Å². The zero-order valence-corrected chi connectivity index (χ0v) is 15.3. The number of carbonyl (C=O) groups is 1. The number of rotatable bonds is 5. The van der Waals surface area contributed by atoms with Gasteiger partial charge in [-0.25, -0.2) is 0 Å². The Bertz CT molecular complexity index is 923. The van der Waals surface area contributed by atoms with E-state index in [0.717, 1.165) is 35.7 Å². The first kappa shape index (κ1) is 17.2. The fraction of sp³-hybridized carbons (Fsp3) is 0.174. The van der Waals surface area contributed by atoms with Crippen molar-refractivity contribution in [1.29, 1.82) is 0 Å². The maximum absolute atomic E-state index is 13.3. The maximum Gasteiger partial charge on any atom is 0.251 e. The summed E-state index contributed by atoms with van der Waals surface area (Å²) in [7, 11) is 1.63. The number of amides is 1. The predicted molar refractivity (Wildman–Crippen MR) is 108 cm³/mol. The van der Waals surface area contributed by atoms with Crippen molar-refractivity contribution in [3.63, 3.8) is 0 Å². The molecule has 0 spiro atoms. The molecule has 3 aromatic rings. The summed E-state index contributed by atoms with van der Waals surface area (Å²) in [5.74, 6) is 0.726. The van der Waals surface area contributed by atoms with Gasteiger partial charge in [-0.1, -0.05) is 48.5 Å². The molecule has 27 heavy (non-hydrogen) atoms. The van der Waals surface area contributed by atoms with E-state index in [1.54, 1.807) is 7.11 Å². The lowest BCUT2D eigenvalue weighted by Crippen LogP contribution is -2.36. The molecule has 3 aromatic carbocycles. The number of methoxy groups -OCH3 is 1. The first-order chi connectivity index (χ1) is 13.3. The van der Waals surface area contributed by atoms with E-state index in [1.165, 1.54) is 5.56 Å². The summed E-state index contributed by atoms with van der Waals surface area (Å²) in [5, 5.41) is 3.06. The Morgan fingerprint density at radius 3 is 2.41 bits per heavy atom. The monoisotopic (exact) mass is 358 g/mol. The van der Waals surface area contributed by atoms with E-state index in [-0.39, 0.29) is 11.9 Å². The number of ether oxygens (including phenoxy) is 1. The van der Waals surface area contributed by atoms with Crippen LogP contribution in [0.1, 0.15) is 17.2 Å². The summed E-state index contributed by atoms with van der Waals surface area (Å²) in [5.41, 5.74) is 4.17. The van der Waals surface area contributed by atoms with Gasteiger partial charge in [0, 0.05) is 17.9 Å². The molecule has 1 aliphatic heterocycles. The van der Waals surface area contributed by atoms with Crippen LogP contribution < -0.4 is 15.0 Å². The topological polar surface area (TPSA) is 41.6 Å². The molecule has 4 nitrogen and oxygen atoms in total. The van der Waals surface area contributed by atoms with Crippen LogP contribution in [-0.2, 0) is 11.2 Å². The van der Waals surface area contributed by atoms with Gasteiger partial charge in [-0.05, 0) is 47.9 Å². The fourth-order valence-electron chi connectivity index (χ4n) is 3.63. The SMILES string of the molecule is COc1ccc(NC(=O)[C@@H](c2ccccc2)N2CCc3ccccc32)cc1. The van der Waals surface area contributed by atoms with Crippen LogP contribution in [0, 0.1) is 0 Å². The highest BCUT2D eigenvalue weighted by atomic mass is 16.5. The molecule has 0 bridgehead atoms. The lowest BCUT2D eigenvalue weighted by atomic mass is 10.0. The van der Waals surface area contributed by atoms with Crippen LogP contribution in [0.15, 0.2) is 78.9 Å². The second kappa shape index (κ2) is 7.54. The largest absolute Gasteiger partial charge is 0.497 e. The number of para-hydroxylation sites is 1. The van der Waals surface area contributed by atoms with Gasteiger partial charge >= 0.3 is 0 Å². The van der Waals surface area contributed by atoms with Gasteiger partial charge in [0.05, 0.1) is 7.11 Å². The fourth-order valence-corrected chi connectivity index (χ4v) is 3.63. The summed E-state index contributed by atoms with van der Waals surface area (Å²) >= 11 is 0. The molecule has 1 aliphatic rings. The van der Waals surface area contributed by atoms with Gasteiger partial charge in [-0.3, -0.25) is 4.79 Å². The zero-order chi connectivity index (χ0) is 18.6. The maximum atomic E-state index is 13.3. The summed E-state index contributed by atoms with van der Waals surface area (Å²) in [6.45, 7) is 0.828. The van der Waals surface area contributed by atoms with Crippen LogP contribution >= 0.6 is 0 Å². The lowest BCUT2D eigenvalue weighted by Gasteiger charge is -2.30. The summed E-state index contributed by atoms with van der Waals surface area (Å²) in [4.78, 5) is 15.5. The molecule has 0 aromatic heterocycles. The first-order valence-electron chi connectivity index (χ1n) is 9.10. The summed E-state index contributed by atoms with van der Waals surface area (Å²) in [6, 6.07) is 25.3. The van der Waals surface area contributed by atoms with Gasteiger partial charge in [-0.15, -0.1) is 0 Å². The average molecular weight is 358 g/mol. The van der Waals surface area contributed by atoms with Gasteiger partial charge in [-0.2, -0.15) is 0 Å². The molecule has 136 valence electrons. The highest BCUT2D eigenvalue weighted by molar-refractivity contribution is 5.98. The number of nitrogens with zero attached hydrogens (tertiary/aromatic N) is 1. The molecule has 0 fully saturated rings. The van der Waals surface area contributed by atoms with Crippen LogP contribution in [0.4, 0.5) is 11.4 Å². The predicted octanol–water partition coefficient (Wildman–Crippen LogP) is 4.44. The zero-order valence-electron chi connectivity index (χ0n) is 15.3. The summed E-state index contributed by atoms with van der Waals surface area (Å²) < 4.78 is 5.19. The second-order valence-corrected chi connectivity index (χ2v) is 6.60. The molecule has 1 heterocycles. The minimum atomic E-state index is -0.378. The smallest absolute Gasteiger partial charge is 0.251 e. The minimum absolute atomic E-state index is 0.0388. The van der Waals surface area contributed by atoms with Gasteiger partial charge < -0.3 is 15.0 Å². The quantitative estimate of drug-likeness (QED) is 0.733. The Morgan fingerprint density at radius 1 is 0.963 bits per heavy atom. The molecule has 4 heteroatoms. The first-order valence-corrected chi connectivity index (χ1v) is 9.10. The second-order valence-electron chi connectivity index (χ2n) is 6.60. The van der Waals surface area contributed by atoms with Crippen LogP contribution in [0.2, 0.25) is 0 Å². The molecule has 0 saturated heterocycles. The van der Waals surface area contributed by atoms with Gasteiger partial charge in [0.1, 0.15) is 11.8 Å². The number of carbonyl (C=O) groups excluding carboxylic acids is 1. The van der Waals surface area contributed by atoms with Crippen LogP contribution in [-0.4, -0.2) is 19.6 Å². The van der Waals surface area contributed by atoms with Crippen molar-refractivity contribution in [2.45, 2.75) is 12.5 Å². The standard InChI is InChI=1S/C23H22N2O2/c1-27-20-13-11-19(12-14-20)24-23(26)22(18-8-3-2-4-9-18)25-16-15-17-7-5-6-10-21(17)25/h2-14,22H,15-16H2,1H3,(H,24,26)/t22-/m1/s1. The van der Waals surface area contributed by atoms with Crippen molar-refractivity contribution in [1.82, 2.24) is 0 Å². The lowest BCUT2D eigenvalue weighted by molar-refractivity contribution is -0.117. The molecule has 4 rings (SSSR count). The number of benzene rings is 3.